The molecule has 3 rings (SSSR count). The largest absolute Gasteiger partial charge is 0.375 e. The summed E-state index contributed by atoms with van der Waals surface area (Å²) in [4.78, 5) is 8.59. The van der Waals surface area contributed by atoms with Crippen LogP contribution in [0, 0.1) is 6.92 Å². The smallest absolute Gasteiger partial charge is 0.233 e. The zero-order valence-corrected chi connectivity index (χ0v) is 13.0. The number of nitrogens with two attached hydrogens (primary N) is 1. The molecule has 2 heterocycles. The molecule has 7 heteroatoms. The molecule has 2 aromatic heterocycles. The molecule has 0 radical (unpaired) electrons. The molecular weight excluding hydrogens is 340 g/mol. The van der Waals surface area contributed by atoms with Gasteiger partial charge in [-0.15, -0.1) is 11.3 Å². The number of thiazole rings is 1. The van der Waals surface area contributed by atoms with Crippen LogP contribution in [0.4, 0.5) is 5.13 Å². The lowest BCUT2D eigenvalue weighted by Crippen LogP contribution is -1.91. The van der Waals surface area contributed by atoms with E-state index in [-0.39, 0.29) is 0 Å². The van der Waals surface area contributed by atoms with Crippen LogP contribution in [0.5, 0.6) is 0 Å². The Balaban J connectivity index is 1.86. The fourth-order valence-electron chi connectivity index (χ4n) is 1.87. The molecule has 0 bridgehead atoms. The second-order valence-corrected chi connectivity index (χ2v) is 6.13. The maximum absolute atomic E-state index is 5.60. The van der Waals surface area contributed by atoms with E-state index in [2.05, 4.69) is 31.1 Å². The van der Waals surface area contributed by atoms with Crippen LogP contribution in [0.25, 0.3) is 11.4 Å². The van der Waals surface area contributed by atoms with Crippen molar-refractivity contribution in [3.8, 4) is 11.4 Å². The zero-order valence-electron chi connectivity index (χ0n) is 10.6. The van der Waals surface area contributed by atoms with Gasteiger partial charge in [-0.3, -0.25) is 0 Å². The highest BCUT2D eigenvalue weighted by Gasteiger charge is 2.12. The Morgan fingerprint density at radius 1 is 1.35 bits per heavy atom. The normalized spacial score (nSPS) is 10.9. The second-order valence-electron chi connectivity index (χ2n) is 4.32. The Bertz CT molecular complexity index is 752. The van der Waals surface area contributed by atoms with E-state index in [4.69, 9.17) is 10.3 Å². The van der Waals surface area contributed by atoms with E-state index in [1.807, 2.05) is 30.5 Å². The predicted octanol–water partition coefficient (Wildman–Crippen LogP) is 3.44. The van der Waals surface area contributed by atoms with Gasteiger partial charge in [-0.2, -0.15) is 4.98 Å². The van der Waals surface area contributed by atoms with Crippen molar-refractivity contribution in [2.24, 2.45) is 0 Å². The molecule has 1 aromatic carbocycles. The van der Waals surface area contributed by atoms with Crippen LogP contribution in [0.2, 0.25) is 0 Å². The first-order chi connectivity index (χ1) is 9.61. The van der Waals surface area contributed by atoms with E-state index in [9.17, 15) is 0 Å². The van der Waals surface area contributed by atoms with Crippen molar-refractivity contribution in [1.29, 1.82) is 0 Å². The van der Waals surface area contributed by atoms with Crippen LogP contribution >= 0.6 is 27.3 Å². The lowest BCUT2D eigenvalue weighted by Gasteiger charge is -2.00. The van der Waals surface area contributed by atoms with Crippen LogP contribution < -0.4 is 5.73 Å². The minimum absolute atomic E-state index is 0.496. The summed E-state index contributed by atoms with van der Waals surface area (Å²) in [5.74, 6) is 1.13. The van der Waals surface area contributed by atoms with Crippen LogP contribution in [-0.2, 0) is 6.42 Å². The van der Waals surface area contributed by atoms with Crippen LogP contribution in [0.3, 0.4) is 0 Å². The van der Waals surface area contributed by atoms with Gasteiger partial charge >= 0.3 is 0 Å². The van der Waals surface area contributed by atoms with Crippen LogP contribution in [-0.4, -0.2) is 15.1 Å². The fourth-order valence-corrected chi connectivity index (χ4v) is 2.91. The predicted molar refractivity (Wildman–Crippen MR) is 81.5 cm³/mol. The quantitative estimate of drug-likeness (QED) is 0.782. The van der Waals surface area contributed by atoms with E-state index in [0.29, 0.717) is 23.3 Å². The molecule has 0 amide bonds. The summed E-state index contributed by atoms with van der Waals surface area (Å²) in [6, 6.07) is 5.95. The summed E-state index contributed by atoms with van der Waals surface area (Å²) < 4.78 is 6.30. The third kappa shape index (κ3) is 2.73. The Morgan fingerprint density at radius 3 is 2.90 bits per heavy atom. The van der Waals surface area contributed by atoms with Crippen molar-refractivity contribution in [2.45, 2.75) is 13.3 Å². The molecule has 0 aliphatic rings. The first kappa shape index (κ1) is 13.3. The van der Waals surface area contributed by atoms with Gasteiger partial charge in [0.05, 0.1) is 12.1 Å². The zero-order chi connectivity index (χ0) is 14.1. The number of nitrogen functional groups attached to an aromatic ring is 1. The summed E-state index contributed by atoms with van der Waals surface area (Å²) in [7, 11) is 0. The molecule has 0 fully saturated rings. The molecule has 102 valence electrons. The molecule has 20 heavy (non-hydrogen) atoms. The van der Waals surface area contributed by atoms with Crippen LogP contribution in [0.1, 0.15) is 17.1 Å². The molecule has 0 unspecified atom stereocenters. The molecular formula is C13H11BrN4OS. The van der Waals surface area contributed by atoms with Crippen molar-refractivity contribution in [1.82, 2.24) is 15.1 Å². The maximum atomic E-state index is 5.60. The number of aryl methyl sites for hydroxylation is 1. The van der Waals surface area contributed by atoms with E-state index >= 15 is 0 Å². The number of anilines is 1. The average Bonchev–Trinajstić information content (AvgIpc) is 2.99. The molecule has 0 atom stereocenters. The number of benzene rings is 1. The van der Waals surface area contributed by atoms with E-state index in [0.717, 1.165) is 21.3 Å². The summed E-state index contributed by atoms with van der Waals surface area (Å²) in [5, 5.41) is 6.46. The SMILES string of the molecule is Cc1cc(Br)ccc1-c1noc(Cc2csc(N)n2)n1. The lowest BCUT2D eigenvalue weighted by molar-refractivity contribution is 0.385. The standard InChI is InChI=1S/C13H11BrN4OS/c1-7-4-8(14)2-3-10(7)12-17-11(19-18-12)5-9-6-20-13(15)16-9/h2-4,6H,5H2,1H3,(H2,15,16). The summed E-state index contributed by atoms with van der Waals surface area (Å²) >= 11 is 4.84. The van der Waals surface area contributed by atoms with Crippen LogP contribution in [0.15, 0.2) is 32.6 Å². The number of hydrogen-bond acceptors (Lipinski definition) is 6. The molecule has 0 aliphatic carbocycles. The Hall–Kier alpha value is -1.73. The Labute approximate surface area is 128 Å². The highest BCUT2D eigenvalue weighted by Crippen LogP contribution is 2.24. The molecule has 2 N–H and O–H groups in total. The van der Waals surface area contributed by atoms with E-state index in [1.165, 1.54) is 11.3 Å². The van der Waals surface area contributed by atoms with Crippen molar-refractivity contribution >= 4 is 32.4 Å². The lowest BCUT2D eigenvalue weighted by atomic mass is 10.1. The van der Waals surface area contributed by atoms with E-state index in [1.54, 1.807) is 0 Å². The van der Waals surface area contributed by atoms with Crippen molar-refractivity contribution in [3.63, 3.8) is 0 Å². The number of hydrogen-bond donors (Lipinski definition) is 1. The summed E-state index contributed by atoms with van der Waals surface area (Å²) in [6.45, 7) is 2.01. The highest BCUT2D eigenvalue weighted by atomic mass is 79.9. The molecule has 5 nitrogen and oxygen atoms in total. The van der Waals surface area contributed by atoms with Gasteiger partial charge in [-0.05, 0) is 30.7 Å². The Kier molecular flexibility index (Phi) is 3.54. The van der Waals surface area contributed by atoms with Gasteiger partial charge in [-0.25, -0.2) is 4.98 Å². The molecule has 0 spiro atoms. The van der Waals surface area contributed by atoms with Crippen molar-refractivity contribution in [2.75, 3.05) is 5.73 Å². The number of aromatic nitrogens is 3. The van der Waals surface area contributed by atoms with Crippen molar-refractivity contribution in [3.05, 3.63) is 45.2 Å². The maximum Gasteiger partial charge on any atom is 0.233 e. The van der Waals surface area contributed by atoms with Gasteiger partial charge in [0.15, 0.2) is 5.13 Å². The first-order valence-electron chi connectivity index (χ1n) is 5.91. The highest BCUT2D eigenvalue weighted by molar-refractivity contribution is 9.10. The molecule has 3 aromatic rings. The van der Waals surface area contributed by atoms with Gasteiger partial charge in [0.2, 0.25) is 11.7 Å². The van der Waals surface area contributed by atoms with Gasteiger partial charge < -0.3 is 10.3 Å². The summed E-state index contributed by atoms with van der Waals surface area (Å²) in [5.41, 5.74) is 8.49. The van der Waals surface area contributed by atoms with Crippen molar-refractivity contribution < 1.29 is 4.52 Å². The van der Waals surface area contributed by atoms with Gasteiger partial charge in [-0.1, -0.05) is 21.1 Å². The monoisotopic (exact) mass is 350 g/mol. The third-order valence-corrected chi connectivity index (χ3v) is 4.02. The third-order valence-electron chi connectivity index (χ3n) is 2.80. The topological polar surface area (TPSA) is 77.8 Å². The number of rotatable bonds is 3. The van der Waals surface area contributed by atoms with Gasteiger partial charge in [0, 0.05) is 15.4 Å². The summed E-state index contributed by atoms with van der Waals surface area (Å²) in [6.07, 6.45) is 0.496. The Morgan fingerprint density at radius 2 is 2.20 bits per heavy atom. The second kappa shape index (κ2) is 5.34. The fraction of sp³-hybridized carbons (Fsp3) is 0.154. The minimum Gasteiger partial charge on any atom is -0.375 e. The molecule has 0 aliphatic heterocycles. The average molecular weight is 351 g/mol. The van der Waals surface area contributed by atoms with Gasteiger partial charge in [0.1, 0.15) is 0 Å². The first-order valence-corrected chi connectivity index (χ1v) is 7.58. The minimum atomic E-state index is 0.496. The number of halogens is 1. The number of nitrogens with zero attached hydrogens (tertiary/aromatic N) is 3. The molecule has 0 saturated heterocycles. The van der Waals surface area contributed by atoms with Gasteiger partial charge in [0.25, 0.3) is 0 Å². The van der Waals surface area contributed by atoms with E-state index < -0.39 is 0 Å². The molecule has 0 saturated carbocycles.